The molecule has 9 heteroatoms. The molecule has 23 heavy (non-hydrogen) atoms. The minimum atomic E-state index is -4.64. The number of hydrogen-bond acceptors (Lipinski definition) is 5. The van der Waals surface area contributed by atoms with Gasteiger partial charge in [0.15, 0.2) is 5.69 Å². The number of benzene rings is 1. The van der Waals surface area contributed by atoms with Crippen molar-refractivity contribution in [3.63, 3.8) is 0 Å². The molecule has 0 amide bonds. The molecule has 1 aromatic carbocycles. The van der Waals surface area contributed by atoms with E-state index in [1.54, 1.807) is 0 Å². The Morgan fingerprint density at radius 1 is 1.13 bits per heavy atom. The van der Waals surface area contributed by atoms with Crippen molar-refractivity contribution in [3.8, 4) is 0 Å². The molecule has 2 aromatic rings. The average molecular weight is 330 g/mol. The Labute approximate surface area is 129 Å². The van der Waals surface area contributed by atoms with Crippen LogP contribution >= 0.6 is 0 Å². The van der Waals surface area contributed by atoms with E-state index in [9.17, 15) is 17.6 Å². The van der Waals surface area contributed by atoms with Gasteiger partial charge in [-0.15, -0.1) is 0 Å². The van der Waals surface area contributed by atoms with E-state index in [1.165, 1.54) is 18.2 Å². The van der Waals surface area contributed by atoms with Gasteiger partial charge < -0.3 is 15.7 Å². The van der Waals surface area contributed by atoms with E-state index in [4.69, 9.17) is 5.11 Å². The number of alkyl halides is 3. The summed E-state index contributed by atoms with van der Waals surface area (Å²) in [5, 5.41) is 13.9. The number of aromatic nitrogens is 2. The molecule has 0 fully saturated rings. The normalized spacial score (nSPS) is 11.3. The Bertz CT molecular complexity index is 663. The molecule has 0 aliphatic heterocycles. The fraction of sp³-hybridized carbons (Fsp3) is 0.286. The van der Waals surface area contributed by atoms with Crippen molar-refractivity contribution in [1.82, 2.24) is 9.97 Å². The fourth-order valence-corrected chi connectivity index (χ4v) is 1.73. The number of rotatable bonds is 6. The molecule has 0 saturated heterocycles. The standard InChI is InChI=1S/C14H14F4N4O/c15-9-3-1-4-10(7-9)20-12-8-11(14(16,17)18)21-13(22-12)19-5-2-6-23/h1,3-4,7-8,23H,2,5-6H2,(H2,19,20,21,22). The van der Waals surface area contributed by atoms with Gasteiger partial charge in [-0.05, 0) is 24.6 Å². The lowest BCUT2D eigenvalue weighted by molar-refractivity contribution is -0.141. The van der Waals surface area contributed by atoms with E-state index in [0.717, 1.165) is 12.1 Å². The zero-order valence-corrected chi connectivity index (χ0v) is 11.9. The van der Waals surface area contributed by atoms with E-state index in [2.05, 4.69) is 20.6 Å². The van der Waals surface area contributed by atoms with Crippen molar-refractivity contribution in [3.05, 3.63) is 41.8 Å². The Balaban J connectivity index is 2.28. The molecule has 124 valence electrons. The summed E-state index contributed by atoms with van der Waals surface area (Å²) >= 11 is 0. The molecule has 1 aromatic heterocycles. The minimum absolute atomic E-state index is 0.111. The Morgan fingerprint density at radius 2 is 1.91 bits per heavy atom. The first-order chi connectivity index (χ1) is 10.9. The Hall–Kier alpha value is -2.42. The van der Waals surface area contributed by atoms with Crippen LogP contribution in [0.4, 0.5) is 35.0 Å². The third kappa shape index (κ3) is 5.06. The zero-order valence-electron chi connectivity index (χ0n) is 11.9. The zero-order chi connectivity index (χ0) is 16.9. The maximum atomic E-state index is 13.1. The SMILES string of the molecule is OCCCNc1nc(Nc2cccc(F)c2)cc(C(F)(F)F)n1. The highest BCUT2D eigenvalue weighted by Crippen LogP contribution is 2.30. The lowest BCUT2D eigenvalue weighted by Crippen LogP contribution is -2.14. The second-order valence-electron chi connectivity index (χ2n) is 4.60. The maximum Gasteiger partial charge on any atom is 0.433 e. The predicted octanol–water partition coefficient (Wildman–Crippen LogP) is 3.17. The highest BCUT2D eigenvalue weighted by atomic mass is 19.4. The Morgan fingerprint density at radius 3 is 2.57 bits per heavy atom. The van der Waals surface area contributed by atoms with Crippen LogP contribution in [-0.2, 0) is 6.18 Å². The highest BCUT2D eigenvalue weighted by molar-refractivity contribution is 5.57. The molecule has 0 bridgehead atoms. The number of halogens is 4. The molecular weight excluding hydrogens is 316 g/mol. The summed E-state index contributed by atoms with van der Waals surface area (Å²) in [5.74, 6) is -0.877. The van der Waals surface area contributed by atoms with Crippen LogP contribution in [0.3, 0.4) is 0 Å². The number of aliphatic hydroxyl groups is 1. The van der Waals surface area contributed by atoms with E-state index >= 15 is 0 Å². The second kappa shape index (κ2) is 7.23. The van der Waals surface area contributed by atoms with Crippen molar-refractivity contribution in [1.29, 1.82) is 0 Å². The summed E-state index contributed by atoms with van der Waals surface area (Å²) in [6, 6.07) is 6.01. The Kier molecular flexibility index (Phi) is 5.32. The minimum Gasteiger partial charge on any atom is -0.396 e. The van der Waals surface area contributed by atoms with Crippen molar-refractivity contribution in [2.75, 3.05) is 23.8 Å². The molecule has 2 rings (SSSR count). The maximum absolute atomic E-state index is 13.1. The van der Waals surface area contributed by atoms with Crippen LogP contribution in [0.5, 0.6) is 0 Å². The molecule has 0 aliphatic carbocycles. The van der Waals surface area contributed by atoms with Crippen molar-refractivity contribution < 1.29 is 22.7 Å². The molecule has 0 saturated carbocycles. The van der Waals surface area contributed by atoms with Crippen LogP contribution in [-0.4, -0.2) is 28.2 Å². The molecule has 1 heterocycles. The predicted molar refractivity (Wildman–Crippen MR) is 76.9 cm³/mol. The number of anilines is 3. The van der Waals surface area contributed by atoms with E-state index < -0.39 is 17.7 Å². The highest BCUT2D eigenvalue weighted by Gasteiger charge is 2.33. The molecule has 0 radical (unpaired) electrons. The van der Waals surface area contributed by atoms with Gasteiger partial charge >= 0.3 is 6.18 Å². The lowest BCUT2D eigenvalue weighted by Gasteiger charge is -2.12. The summed E-state index contributed by atoms with van der Waals surface area (Å²) < 4.78 is 51.8. The molecule has 0 spiro atoms. The van der Waals surface area contributed by atoms with E-state index in [-0.39, 0.29) is 30.6 Å². The summed E-state index contributed by atoms with van der Waals surface area (Å²) in [5.41, 5.74) is -0.865. The first-order valence-electron chi connectivity index (χ1n) is 6.72. The van der Waals surface area contributed by atoms with Gasteiger partial charge in [-0.3, -0.25) is 0 Å². The molecule has 0 unspecified atom stereocenters. The summed E-state index contributed by atoms with van der Waals surface area (Å²) in [6.07, 6.45) is -4.30. The van der Waals surface area contributed by atoms with Gasteiger partial charge in [-0.1, -0.05) is 6.07 Å². The van der Waals surface area contributed by atoms with Gasteiger partial charge in [0.05, 0.1) is 0 Å². The largest absolute Gasteiger partial charge is 0.433 e. The van der Waals surface area contributed by atoms with E-state index in [1.807, 2.05) is 0 Å². The van der Waals surface area contributed by atoms with Crippen molar-refractivity contribution >= 4 is 17.5 Å². The molecule has 5 nitrogen and oxygen atoms in total. The number of hydrogen-bond donors (Lipinski definition) is 3. The van der Waals surface area contributed by atoms with Crippen LogP contribution in [0.15, 0.2) is 30.3 Å². The summed E-state index contributed by atoms with van der Waals surface area (Å²) in [6.45, 7) is 0.109. The van der Waals surface area contributed by atoms with Crippen LogP contribution in [0.1, 0.15) is 12.1 Å². The van der Waals surface area contributed by atoms with Gasteiger partial charge in [0.25, 0.3) is 0 Å². The van der Waals surface area contributed by atoms with Gasteiger partial charge in [0.1, 0.15) is 11.6 Å². The molecule has 0 atom stereocenters. The first-order valence-corrected chi connectivity index (χ1v) is 6.72. The van der Waals surface area contributed by atoms with Crippen LogP contribution in [0, 0.1) is 5.82 Å². The summed E-state index contributed by atoms with van der Waals surface area (Å²) in [7, 11) is 0. The van der Waals surface area contributed by atoms with Crippen LogP contribution in [0.2, 0.25) is 0 Å². The third-order valence-electron chi connectivity index (χ3n) is 2.73. The van der Waals surface area contributed by atoms with Crippen molar-refractivity contribution in [2.45, 2.75) is 12.6 Å². The number of nitrogens with zero attached hydrogens (tertiary/aromatic N) is 2. The van der Waals surface area contributed by atoms with Crippen LogP contribution < -0.4 is 10.6 Å². The summed E-state index contributed by atoms with van der Waals surface area (Å²) in [4.78, 5) is 7.30. The van der Waals surface area contributed by atoms with Gasteiger partial charge in [0.2, 0.25) is 5.95 Å². The fourth-order valence-electron chi connectivity index (χ4n) is 1.73. The first kappa shape index (κ1) is 16.9. The van der Waals surface area contributed by atoms with Crippen LogP contribution in [0.25, 0.3) is 0 Å². The van der Waals surface area contributed by atoms with Gasteiger partial charge in [-0.25, -0.2) is 9.37 Å². The quantitative estimate of drug-likeness (QED) is 0.561. The molecular formula is C14H14F4N4O. The van der Waals surface area contributed by atoms with Gasteiger partial charge in [-0.2, -0.15) is 18.2 Å². The average Bonchev–Trinajstić information content (AvgIpc) is 2.46. The smallest absolute Gasteiger partial charge is 0.396 e. The monoisotopic (exact) mass is 330 g/mol. The van der Waals surface area contributed by atoms with Crippen molar-refractivity contribution in [2.24, 2.45) is 0 Å². The van der Waals surface area contributed by atoms with Gasteiger partial charge in [0, 0.05) is 24.9 Å². The second-order valence-corrected chi connectivity index (χ2v) is 4.60. The molecule has 3 N–H and O–H groups in total. The number of aliphatic hydroxyl groups excluding tert-OH is 1. The van der Waals surface area contributed by atoms with E-state index in [0.29, 0.717) is 6.42 Å². The lowest BCUT2D eigenvalue weighted by atomic mass is 10.3. The number of nitrogens with one attached hydrogen (secondary N) is 2. The molecule has 0 aliphatic rings. The topological polar surface area (TPSA) is 70.1 Å². The third-order valence-corrected chi connectivity index (χ3v) is 2.73.